The highest BCUT2D eigenvalue weighted by molar-refractivity contribution is 7.19. The second kappa shape index (κ2) is 3.77. The van der Waals surface area contributed by atoms with Crippen molar-refractivity contribution in [2.24, 2.45) is 0 Å². The first-order valence-electron chi connectivity index (χ1n) is 4.23. The molecule has 74 valence electrons. The lowest BCUT2D eigenvalue weighted by molar-refractivity contribution is 0.283. The van der Waals surface area contributed by atoms with E-state index in [0.29, 0.717) is 5.88 Å². The molecule has 0 aliphatic heterocycles. The van der Waals surface area contributed by atoms with Crippen LogP contribution in [0, 0.1) is 0 Å². The predicted octanol–water partition coefficient (Wildman–Crippen LogP) is 2.71. The summed E-state index contributed by atoms with van der Waals surface area (Å²) >= 11 is 7.34. The zero-order valence-electron chi connectivity index (χ0n) is 7.46. The molecule has 0 unspecified atom stereocenters. The molecule has 1 aromatic carbocycles. The van der Waals surface area contributed by atoms with Gasteiger partial charge in [-0.15, -0.1) is 22.9 Å². The van der Waals surface area contributed by atoms with E-state index in [1.165, 1.54) is 0 Å². The van der Waals surface area contributed by atoms with E-state index < -0.39 is 0 Å². The van der Waals surface area contributed by atoms with Gasteiger partial charge in [0, 0.05) is 20.7 Å². The van der Waals surface area contributed by atoms with Crippen molar-refractivity contribution in [2.45, 2.75) is 12.5 Å². The van der Waals surface area contributed by atoms with Crippen LogP contribution in [0.2, 0.25) is 0 Å². The first kappa shape index (κ1) is 9.77. The summed E-state index contributed by atoms with van der Waals surface area (Å²) in [4.78, 5) is 1.08. The summed E-state index contributed by atoms with van der Waals surface area (Å²) in [6.45, 7) is 0.0407. The number of hydrogen-bond donors (Lipinski definition) is 2. The maximum atomic E-state index is 9.14. The largest absolute Gasteiger partial charge is 0.398 e. The first-order valence-corrected chi connectivity index (χ1v) is 5.58. The number of rotatable bonds is 2. The highest BCUT2D eigenvalue weighted by atomic mass is 35.5. The SMILES string of the molecule is Nc1ccc(CO)c2sc(CCl)cc12. The van der Waals surface area contributed by atoms with E-state index in [1.807, 2.05) is 18.2 Å². The Bertz CT molecular complexity index is 466. The molecule has 3 N–H and O–H groups in total. The molecule has 4 heteroatoms. The summed E-state index contributed by atoms with van der Waals surface area (Å²) in [5, 5.41) is 10.1. The van der Waals surface area contributed by atoms with Gasteiger partial charge in [-0.2, -0.15) is 0 Å². The zero-order valence-corrected chi connectivity index (χ0v) is 9.03. The maximum absolute atomic E-state index is 9.14. The average molecular weight is 228 g/mol. The molecular weight excluding hydrogens is 218 g/mol. The summed E-state index contributed by atoms with van der Waals surface area (Å²) in [5.41, 5.74) is 7.48. The van der Waals surface area contributed by atoms with Crippen molar-refractivity contribution >= 4 is 38.7 Å². The number of aliphatic hydroxyl groups excluding tert-OH is 1. The average Bonchev–Trinajstić information content (AvgIpc) is 2.63. The van der Waals surface area contributed by atoms with Crippen LogP contribution in [0.1, 0.15) is 10.4 Å². The standard InChI is InChI=1S/C10H10ClNOS/c11-4-7-3-8-9(12)2-1-6(5-13)10(8)14-7/h1-3,13H,4-5,12H2. The molecule has 0 spiro atoms. The monoisotopic (exact) mass is 227 g/mol. The quantitative estimate of drug-likeness (QED) is 0.612. The number of benzene rings is 1. The molecule has 1 heterocycles. The molecule has 0 atom stereocenters. The number of alkyl halides is 1. The van der Waals surface area contributed by atoms with Crippen LogP contribution in [0.25, 0.3) is 10.1 Å². The van der Waals surface area contributed by atoms with Gasteiger partial charge in [0.05, 0.1) is 12.5 Å². The highest BCUT2D eigenvalue weighted by Gasteiger charge is 2.07. The molecule has 0 fully saturated rings. The van der Waals surface area contributed by atoms with Crippen molar-refractivity contribution in [1.29, 1.82) is 0 Å². The van der Waals surface area contributed by atoms with Crippen molar-refractivity contribution in [3.63, 3.8) is 0 Å². The Balaban J connectivity index is 2.74. The van der Waals surface area contributed by atoms with Gasteiger partial charge in [0.1, 0.15) is 0 Å². The lowest BCUT2D eigenvalue weighted by Crippen LogP contribution is -1.88. The van der Waals surface area contributed by atoms with Gasteiger partial charge in [-0.1, -0.05) is 6.07 Å². The first-order chi connectivity index (χ1) is 6.76. The minimum absolute atomic E-state index is 0.0407. The van der Waals surface area contributed by atoms with Crippen LogP contribution < -0.4 is 5.73 Å². The third kappa shape index (κ3) is 1.47. The molecule has 14 heavy (non-hydrogen) atoms. The van der Waals surface area contributed by atoms with Crippen LogP contribution in [0.15, 0.2) is 18.2 Å². The molecule has 0 aliphatic rings. The Hall–Kier alpha value is -0.770. The molecule has 2 aromatic rings. The Morgan fingerprint density at radius 1 is 1.43 bits per heavy atom. The van der Waals surface area contributed by atoms with Gasteiger partial charge in [-0.05, 0) is 17.7 Å². The smallest absolute Gasteiger partial charge is 0.0695 e. The molecule has 0 saturated carbocycles. The summed E-state index contributed by atoms with van der Waals surface area (Å²) in [5.74, 6) is 0.490. The van der Waals surface area contributed by atoms with Gasteiger partial charge in [0.15, 0.2) is 0 Å². The normalized spacial score (nSPS) is 11.0. The van der Waals surface area contributed by atoms with Crippen LogP contribution >= 0.6 is 22.9 Å². The number of nitrogen functional groups attached to an aromatic ring is 1. The molecule has 0 saturated heterocycles. The van der Waals surface area contributed by atoms with Crippen LogP contribution in [0.5, 0.6) is 0 Å². The fourth-order valence-corrected chi connectivity index (χ4v) is 2.73. The second-order valence-electron chi connectivity index (χ2n) is 3.06. The van der Waals surface area contributed by atoms with Crippen LogP contribution in [0.4, 0.5) is 5.69 Å². The van der Waals surface area contributed by atoms with Crippen molar-refractivity contribution in [2.75, 3.05) is 5.73 Å². The van der Waals surface area contributed by atoms with Crippen LogP contribution in [0.3, 0.4) is 0 Å². The Morgan fingerprint density at radius 2 is 2.21 bits per heavy atom. The zero-order chi connectivity index (χ0) is 10.1. The number of nitrogens with two attached hydrogens (primary N) is 1. The van der Waals surface area contributed by atoms with Gasteiger partial charge in [-0.3, -0.25) is 0 Å². The molecule has 0 aliphatic carbocycles. The van der Waals surface area contributed by atoms with E-state index in [4.69, 9.17) is 22.4 Å². The van der Waals surface area contributed by atoms with E-state index in [0.717, 1.165) is 26.2 Å². The maximum Gasteiger partial charge on any atom is 0.0695 e. The van der Waals surface area contributed by atoms with E-state index in [9.17, 15) is 0 Å². The van der Waals surface area contributed by atoms with Gasteiger partial charge in [-0.25, -0.2) is 0 Å². The Labute approximate surface area is 90.9 Å². The minimum atomic E-state index is 0.0407. The molecular formula is C10H10ClNOS. The van der Waals surface area contributed by atoms with Gasteiger partial charge in [0.2, 0.25) is 0 Å². The number of halogens is 1. The highest BCUT2D eigenvalue weighted by Crippen LogP contribution is 2.33. The number of anilines is 1. The van der Waals surface area contributed by atoms with Crippen LogP contribution in [-0.4, -0.2) is 5.11 Å². The van der Waals surface area contributed by atoms with E-state index >= 15 is 0 Å². The number of aliphatic hydroxyl groups is 1. The molecule has 2 rings (SSSR count). The van der Waals surface area contributed by atoms with E-state index in [1.54, 1.807) is 11.3 Å². The topological polar surface area (TPSA) is 46.2 Å². The summed E-state index contributed by atoms with van der Waals surface area (Å²) in [6.07, 6.45) is 0. The molecule has 0 radical (unpaired) electrons. The summed E-state index contributed by atoms with van der Waals surface area (Å²) < 4.78 is 1.04. The number of fused-ring (bicyclic) bond motifs is 1. The number of thiophene rings is 1. The van der Waals surface area contributed by atoms with Crippen molar-refractivity contribution in [1.82, 2.24) is 0 Å². The minimum Gasteiger partial charge on any atom is -0.398 e. The van der Waals surface area contributed by atoms with Crippen LogP contribution in [-0.2, 0) is 12.5 Å². The van der Waals surface area contributed by atoms with Crippen molar-refractivity contribution in [3.8, 4) is 0 Å². The predicted molar refractivity (Wildman–Crippen MR) is 61.7 cm³/mol. The summed E-state index contributed by atoms with van der Waals surface area (Å²) in [7, 11) is 0. The van der Waals surface area contributed by atoms with Gasteiger partial charge < -0.3 is 10.8 Å². The van der Waals surface area contributed by atoms with E-state index in [-0.39, 0.29) is 6.61 Å². The third-order valence-electron chi connectivity index (χ3n) is 2.15. The van der Waals surface area contributed by atoms with E-state index in [2.05, 4.69) is 0 Å². The fraction of sp³-hybridized carbons (Fsp3) is 0.200. The second-order valence-corrected chi connectivity index (χ2v) is 4.47. The molecule has 0 bridgehead atoms. The summed E-state index contributed by atoms with van der Waals surface area (Å²) in [6, 6.07) is 5.66. The molecule has 0 amide bonds. The number of hydrogen-bond acceptors (Lipinski definition) is 3. The van der Waals surface area contributed by atoms with Crippen molar-refractivity contribution in [3.05, 3.63) is 28.6 Å². The Kier molecular flexibility index (Phi) is 2.63. The lowest BCUT2D eigenvalue weighted by Gasteiger charge is -2.00. The fourth-order valence-electron chi connectivity index (χ4n) is 1.44. The van der Waals surface area contributed by atoms with Gasteiger partial charge >= 0.3 is 0 Å². The third-order valence-corrected chi connectivity index (χ3v) is 3.81. The van der Waals surface area contributed by atoms with Crippen molar-refractivity contribution < 1.29 is 5.11 Å². The van der Waals surface area contributed by atoms with Gasteiger partial charge in [0.25, 0.3) is 0 Å². The Morgan fingerprint density at radius 3 is 2.86 bits per heavy atom. The molecule has 2 nitrogen and oxygen atoms in total. The molecule has 1 aromatic heterocycles. The lowest BCUT2D eigenvalue weighted by atomic mass is 10.1.